The van der Waals surface area contributed by atoms with E-state index in [0.717, 1.165) is 26.3 Å². The van der Waals surface area contributed by atoms with Crippen LogP contribution < -0.4 is 5.32 Å². The van der Waals surface area contributed by atoms with Gasteiger partial charge in [0.1, 0.15) is 0 Å². The molecule has 0 aliphatic heterocycles. The Kier molecular flexibility index (Phi) is 3.44. The number of thiazole rings is 1. The van der Waals surface area contributed by atoms with Crippen molar-refractivity contribution in [2.45, 2.75) is 38.6 Å². The molecule has 3 rings (SSSR count). The molecule has 1 saturated carbocycles. The fourth-order valence-electron chi connectivity index (χ4n) is 2.70. The van der Waals surface area contributed by atoms with E-state index in [-0.39, 0.29) is 0 Å². The number of nitrogens with zero attached hydrogens (tertiary/aromatic N) is 1. The highest BCUT2D eigenvalue weighted by Gasteiger charge is 2.19. The van der Waals surface area contributed by atoms with Gasteiger partial charge in [0.2, 0.25) is 0 Å². The van der Waals surface area contributed by atoms with Crippen molar-refractivity contribution in [2.24, 2.45) is 5.92 Å². The Labute approximate surface area is 116 Å². The molecule has 2 atom stereocenters. The van der Waals surface area contributed by atoms with Crippen LogP contribution in [0.25, 0.3) is 10.2 Å². The lowest BCUT2D eigenvalue weighted by Crippen LogP contribution is -2.25. The average Bonchev–Trinajstić information content (AvgIpc) is 2.70. The minimum Gasteiger partial charge on any atom is -0.359 e. The number of aromatic nitrogens is 1. The molecule has 0 spiro atoms. The van der Waals surface area contributed by atoms with Crippen LogP contribution in [0.5, 0.6) is 0 Å². The summed E-state index contributed by atoms with van der Waals surface area (Å²) >= 11 is 7.70. The highest BCUT2D eigenvalue weighted by molar-refractivity contribution is 7.22. The van der Waals surface area contributed by atoms with E-state index in [9.17, 15) is 0 Å². The number of rotatable bonds is 2. The molecule has 0 saturated heterocycles. The summed E-state index contributed by atoms with van der Waals surface area (Å²) in [6, 6.07) is 6.46. The Morgan fingerprint density at radius 3 is 3.11 bits per heavy atom. The topological polar surface area (TPSA) is 24.9 Å². The SMILES string of the molecule is CC1CCCC(Nc2nc3ccc(Cl)cc3s2)C1. The molecule has 1 aliphatic rings. The van der Waals surface area contributed by atoms with Gasteiger partial charge < -0.3 is 5.32 Å². The normalized spacial score (nSPS) is 24.3. The fourth-order valence-corrected chi connectivity index (χ4v) is 3.92. The van der Waals surface area contributed by atoms with Gasteiger partial charge in [-0.15, -0.1) is 0 Å². The second-order valence-corrected chi connectivity index (χ2v) is 6.71. The predicted molar refractivity (Wildman–Crippen MR) is 79.7 cm³/mol. The zero-order valence-electron chi connectivity index (χ0n) is 10.4. The molecule has 1 aromatic carbocycles. The van der Waals surface area contributed by atoms with Crippen LogP contribution in [-0.4, -0.2) is 11.0 Å². The molecule has 0 bridgehead atoms. The molecule has 1 N–H and O–H groups in total. The molecule has 1 aromatic heterocycles. The predicted octanol–water partition coefficient (Wildman–Crippen LogP) is 4.94. The van der Waals surface area contributed by atoms with Gasteiger partial charge in [0.15, 0.2) is 5.13 Å². The van der Waals surface area contributed by atoms with Crippen LogP contribution in [0, 0.1) is 5.92 Å². The van der Waals surface area contributed by atoms with Gasteiger partial charge >= 0.3 is 0 Å². The Bertz CT molecular complexity index is 552. The summed E-state index contributed by atoms with van der Waals surface area (Å²) in [7, 11) is 0. The molecule has 2 nitrogen and oxygen atoms in total. The lowest BCUT2D eigenvalue weighted by Gasteiger charge is -2.27. The summed E-state index contributed by atoms with van der Waals surface area (Å²) in [5.41, 5.74) is 1.04. The molecule has 0 amide bonds. The van der Waals surface area contributed by atoms with Crippen molar-refractivity contribution < 1.29 is 0 Å². The number of fused-ring (bicyclic) bond motifs is 1. The second kappa shape index (κ2) is 5.06. The summed E-state index contributed by atoms with van der Waals surface area (Å²) in [5, 5.41) is 5.40. The average molecular weight is 281 g/mol. The van der Waals surface area contributed by atoms with Crippen LogP contribution in [0.3, 0.4) is 0 Å². The monoisotopic (exact) mass is 280 g/mol. The highest BCUT2D eigenvalue weighted by atomic mass is 35.5. The number of hydrogen-bond acceptors (Lipinski definition) is 3. The molecular weight excluding hydrogens is 264 g/mol. The van der Waals surface area contributed by atoms with Crippen molar-refractivity contribution >= 4 is 38.3 Å². The maximum atomic E-state index is 6.00. The van der Waals surface area contributed by atoms with Crippen LogP contribution in [0.4, 0.5) is 5.13 Å². The number of halogens is 1. The molecule has 2 unspecified atom stereocenters. The fraction of sp³-hybridized carbons (Fsp3) is 0.500. The third-order valence-electron chi connectivity index (χ3n) is 3.61. The zero-order chi connectivity index (χ0) is 12.5. The third kappa shape index (κ3) is 2.62. The first-order chi connectivity index (χ1) is 8.70. The number of benzene rings is 1. The van der Waals surface area contributed by atoms with E-state index in [2.05, 4.69) is 17.2 Å². The van der Waals surface area contributed by atoms with Gasteiger partial charge in [-0.3, -0.25) is 0 Å². The molecule has 96 valence electrons. The maximum absolute atomic E-state index is 6.00. The van der Waals surface area contributed by atoms with Crippen molar-refractivity contribution in [1.82, 2.24) is 4.98 Å². The van der Waals surface area contributed by atoms with Gasteiger partial charge in [-0.05, 0) is 37.0 Å². The van der Waals surface area contributed by atoms with Gasteiger partial charge in [0, 0.05) is 11.1 Å². The molecule has 1 heterocycles. The lowest BCUT2D eigenvalue weighted by molar-refractivity contribution is 0.358. The molecule has 4 heteroatoms. The van der Waals surface area contributed by atoms with Crippen molar-refractivity contribution in [2.75, 3.05) is 5.32 Å². The Morgan fingerprint density at radius 2 is 2.28 bits per heavy atom. The molecule has 1 aliphatic carbocycles. The first kappa shape index (κ1) is 12.2. The maximum Gasteiger partial charge on any atom is 0.184 e. The zero-order valence-corrected chi connectivity index (χ0v) is 12.0. The largest absolute Gasteiger partial charge is 0.359 e. The van der Waals surface area contributed by atoms with Crippen LogP contribution in [-0.2, 0) is 0 Å². The standard InChI is InChI=1S/C14H17ClN2S/c1-9-3-2-4-11(7-9)16-14-17-12-6-5-10(15)8-13(12)18-14/h5-6,8-9,11H,2-4,7H2,1H3,(H,16,17). The summed E-state index contributed by atoms with van der Waals surface area (Å²) in [5.74, 6) is 0.833. The van der Waals surface area contributed by atoms with E-state index in [0.29, 0.717) is 6.04 Å². The van der Waals surface area contributed by atoms with E-state index < -0.39 is 0 Å². The minimum atomic E-state index is 0.588. The Balaban J connectivity index is 1.78. The molecular formula is C14H17ClN2S. The molecule has 0 radical (unpaired) electrons. The number of anilines is 1. The van der Waals surface area contributed by atoms with Crippen LogP contribution in [0.15, 0.2) is 18.2 Å². The van der Waals surface area contributed by atoms with Gasteiger partial charge in [0.25, 0.3) is 0 Å². The van der Waals surface area contributed by atoms with E-state index in [1.54, 1.807) is 11.3 Å². The van der Waals surface area contributed by atoms with Crippen molar-refractivity contribution in [3.05, 3.63) is 23.2 Å². The van der Waals surface area contributed by atoms with E-state index in [4.69, 9.17) is 11.6 Å². The summed E-state index contributed by atoms with van der Waals surface area (Å²) in [4.78, 5) is 4.62. The quantitative estimate of drug-likeness (QED) is 0.843. The minimum absolute atomic E-state index is 0.588. The Morgan fingerprint density at radius 1 is 1.39 bits per heavy atom. The van der Waals surface area contributed by atoms with Gasteiger partial charge in [-0.1, -0.05) is 42.7 Å². The van der Waals surface area contributed by atoms with Crippen LogP contribution in [0.1, 0.15) is 32.6 Å². The second-order valence-electron chi connectivity index (χ2n) is 5.24. The third-order valence-corrected chi connectivity index (χ3v) is 4.80. The smallest absolute Gasteiger partial charge is 0.184 e. The van der Waals surface area contributed by atoms with Crippen molar-refractivity contribution in [3.8, 4) is 0 Å². The van der Waals surface area contributed by atoms with Gasteiger partial charge in [0.05, 0.1) is 10.2 Å². The van der Waals surface area contributed by atoms with E-state index >= 15 is 0 Å². The van der Waals surface area contributed by atoms with Crippen molar-refractivity contribution in [3.63, 3.8) is 0 Å². The molecule has 18 heavy (non-hydrogen) atoms. The number of hydrogen-bond donors (Lipinski definition) is 1. The Hall–Kier alpha value is -0.800. The van der Waals surface area contributed by atoms with Crippen LogP contribution in [0.2, 0.25) is 5.02 Å². The molecule has 2 aromatic rings. The van der Waals surface area contributed by atoms with Crippen molar-refractivity contribution in [1.29, 1.82) is 0 Å². The van der Waals surface area contributed by atoms with E-state index in [1.165, 1.54) is 25.7 Å². The lowest BCUT2D eigenvalue weighted by atomic mass is 9.87. The van der Waals surface area contributed by atoms with Crippen LogP contribution >= 0.6 is 22.9 Å². The van der Waals surface area contributed by atoms with Gasteiger partial charge in [-0.2, -0.15) is 0 Å². The molecule has 1 fully saturated rings. The summed E-state index contributed by atoms with van der Waals surface area (Å²) in [6.07, 6.45) is 5.22. The summed E-state index contributed by atoms with van der Waals surface area (Å²) < 4.78 is 1.16. The van der Waals surface area contributed by atoms with Gasteiger partial charge in [-0.25, -0.2) is 4.98 Å². The summed E-state index contributed by atoms with van der Waals surface area (Å²) in [6.45, 7) is 2.34. The first-order valence-electron chi connectivity index (χ1n) is 6.53. The van der Waals surface area contributed by atoms with E-state index in [1.807, 2.05) is 18.2 Å². The highest BCUT2D eigenvalue weighted by Crippen LogP contribution is 2.31. The first-order valence-corrected chi connectivity index (χ1v) is 7.73. The number of nitrogens with one attached hydrogen (secondary N) is 1.